The average Bonchev–Trinajstić information content (AvgIpc) is 2.24. The van der Waals surface area contributed by atoms with Crippen molar-refractivity contribution in [3.8, 4) is 0 Å². The molecule has 1 unspecified atom stereocenters. The summed E-state index contributed by atoms with van der Waals surface area (Å²) < 4.78 is 0. The van der Waals surface area contributed by atoms with Crippen LogP contribution < -0.4 is 0 Å². The van der Waals surface area contributed by atoms with E-state index in [2.05, 4.69) is 20.8 Å². The molecule has 94 valence electrons. The summed E-state index contributed by atoms with van der Waals surface area (Å²) in [6.07, 6.45) is 0.734. The topological polar surface area (TPSA) is 63.4 Å². The fourth-order valence-electron chi connectivity index (χ4n) is 1.68. The van der Waals surface area contributed by atoms with Gasteiger partial charge in [0, 0.05) is 18.7 Å². The van der Waals surface area contributed by atoms with Crippen molar-refractivity contribution in [1.29, 1.82) is 0 Å². The highest BCUT2D eigenvalue weighted by molar-refractivity contribution is 5.33. The SMILES string of the molecule is CC(C)(C)C(CO)Cc1ccc([N+](=O)[O-])cc1. The van der Waals surface area contributed by atoms with Crippen LogP contribution in [-0.2, 0) is 6.42 Å². The molecular weight excluding hydrogens is 218 g/mol. The van der Waals surface area contributed by atoms with Crippen LogP contribution in [0, 0.1) is 21.4 Å². The molecule has 1 N–H and O–H groups in total. The molecule has 17 heavy (non-hydrogen) atoms. The van der Waals surface area contributed by atoms with Crippen molar-refractivity contribution < 1.29 is 10.0 Å². The van der Waals surface area contributed by atoms with Gasteiger partial charge >= 0.3 is 0 Å². The van der Waals surface area contributed by atoms with Crippen LogP contribution in [-0.4, -0.2) is 16.6 Å². The van der Waals surface area contributed by atoms with E-state index in [1.54, 1.807) is 12.1 Å². The van der Waals surface area contributed by atoms with Gasteiger partial charge in [0.15, 0.2) is 0 Å². The van der Waals surface area contributed by atoms with Crippen molar-refractivity contribution in [2.45, 2.75) is 27.2 Å². The molecule has 0 spiro atoms. The summed E-state index contributed by atoms with van der Waals surface area (Å²) in [5.41, 5.74) is 1.14. The number of hydrogen-bond acceptors (Lipinski definition) is 3. The van der Waals surface area contributed by atoms with Gasteiger partial charge in [0.2, 0.25) is 0 Å². The maximum atomic E-state index is 10.5. The highest BCUT2D eigenvalue weighted by Gasteiger charge is 2.24. The highest BCUT2D eigenvalue weighted by Crippen LogP contribution is 2.29. The Morgan fingerprint density at radius 1 is 1.29 bits per heavy atom. The summed E-state index contributed by atoms with van der Waals surface area (Å²) in [5, 5.41) is 19.9. The lowest BCUT2D eigenvalue weighted by molar-refractivity contribution is -0.384. The number of benzene rings is 1. The molecule has 1 atom stereocenters. The molecule has 4 nitrogen and oxygen atoms in total. The third-order valence-corrected chi connectivity index (χ3v) is 3.07. The molecule has 1 aromatic rings. The lowest BCUT2D eigenvalue weighted by atomic mass is 9.78. The van der Waals surface area contributed by atoms with Gasteiger partial charge in [0.05, 0.1) is 4.92 Å². The van der Waals surface area contributed by atoms with Gasteiger partial charge < -0.3 is 5.11 Å². The Morgan fingerprint density at radius 3 is 2.18 bits per heavy atom. The monoisotopic (exact) mass is 237 g/mol. The smallest absolute Gasteiger partial charge is 0.269 e. The minimum Gasteiger partial charge on any atom is -0.396 e. The van der Waals surface area contributed by atoms with Crippen molar-refractivity contribution in [3.05, 3.63) is 39.9 Å². The van der Waals surface area contributed by atoms with Crippen LogP contribution in [0.2, 0.25) is 0 Å². The van der Waals surface area contributed by atoms with Crippen LogP contribution in [0.1, 0.15) is 26.3 Å². The van der Waals surface area contributed by atoms with Crippen molar-refractivity contribution in [2.75, 3.05) is 6.61 Å². The second kappa shape index (κ2) is 5.27. The van der Waals surface area contributed by atoms with Gasteiger partial charge in [-0.05, 0) is 23.3 Å². The number of non-ortho nitro benzene ring substituents is 1. The first-order chi connectivity index (χ1) is 7.84. The van der Waals surface area contributed by atoms with Gasteiger partial charge in [-0.2, -0.15) is 0 Å². The molecule has 0 heterocycles. The minimum absolute atomic E-state index is 0.0243. The second-order valence-corrected chi connectivity index (χ2v) is 5.37. The average molecular weight is 237 g/mol. The van der Waals surface area contributed by atoms with Crippen molar-refractivity contribution in [1.82, 2.24) is 0 Å². The Labute approximate surface area is 101 Å². The molecule has 1 aromatic carbocycles. The molecule has 0 bridgehead atoms. The number of nitro benzene ring substituents is 1. The molecule has 0 fully saturated rings. The van der Waals surface area contributed by atoms with E-state index < -0.39 is 4.92 Å². The van der Waals surface area contributed by atoms with Crippen LogP contribution in [0.3, 0.4) is 0 Å². The lowest BCUT2D eigenvalue weighted by Crippen LogP contribution is -2.25. The van der Waals surface area contributed by atoms with Gasteiger partial charge in [-0.15, -0.1) is 0 Å². The standard InChI is InChI=1S/C13H19NO3/c1-13(2,3)11(9-15)8-10-4-6-12(7-5-10)14(16)17/h4-7,11,15H,8-9H2,1-3H3. The molecule has 0 aliphatic carbocycles. The zero-order valence-corrected chi connectivity index (χ0v) is 10.5. The zero-order valence-electron chi connectivity index (χ0n) is 10.5. The first kappa shape index (κ1) is 13.6. The predicted octanol–water partition coefficient (Wildman–Crippen LogP) is 2.79. The van der Waals surface area contributed by atoms with Crippen LogP contribution in [0.4, 0.5) is 5.69 Å². The van der Waals surface area contributed by atoms with E-state index in [0.29, 0.717) is 0 Å². The first-order valence-corrected chi connectivity index (χ1v) is 5.69. The first-order valence-electron chi connectivity index (χ1n) is 5.69. The Kier molecular flexibility index (Phi) is 4.23. The fraction of sp³-hybridized carbons (Fsp3) is 0.538. The van der Waals surface area contributed by atoms with E-state index in [9.17, 15) is 15.2 Å². The summed E-state index contributed by atoms with van der Waals surface area (Å²) >= 11 is 0. The summed E-state index contributed by atoms with van der Waals surface area (Å²) in [7, 11) is 0. The number of nitro groups is 1. The van der Waals surface area contributed by atoms with E-state index >= 15 is 0 Å². The van der Waals surface area contributed by atoms with E-state index in [1.165, 1.54) is 12.1 Å². The van der Waals surface area contributed by atoms with Crippen LogP contribution in [0.15, 0.2) is 24.3 Å². The molecule has 0 aliphatic rings. The van der Waals surface area contributed by atoms with E-state index in [1.807, 2.05) is 0 Å². The van der Waals surface area contributed by atoms with Crippen LogP contribution >= 0.6 is 0 Å². The second-order valence-electron chi connectivity index (χ2n) is 5.37. The Morgan fingerprint density at radius 2 is 1.82 bits per heavy atom. The van der Waals surface area contributed by atoms with Crippen molar-refractivity contribution >= 4 is 5.69 Å². The van der Waals surface area contributed by atoms with Crippen molar-refractivity contribution in [3.63, 3.8) is 0 Å². The van der Waals surface area contributed by atoms with Gasteiger partial charge in [-0.1, -0.05) is 32.9 Å². The number of aliphatic hydroxyl groups excluding tert-OH is 1. The normalized spacial score (nSPS) is 13.4. The van der Waals surface area contributed by atoms with E-state index in [0.717, 1.165) is 12.0 Å². The third kappa shape index (κ3) is 3.82. The summed E-state index contributed by atoms with van der Waals surface area (Å²) in [4.78, 5) is 10.1. The van der Waals surface area contributed by atoms with Gasteiger partial charge in [-0.25, -0.2) is 0 Å². The maximum absolute atomic E-state index is 10.5. The van der Waals surface area contributed by atoms with Crippen LogP contribution in [0.25, 0.3) is 0 Å². The Bertz CT molecular complexity index is 379. The summed E-state index contributed by atoms with van der Waals surface area (Å²) in [6, 6.07) is 6.53. The largest absolute Gasteiger partial charge is 0.396 e. The number of hydrogen-bond donors (Lipinski definition) is 1. The Hall–Kier alpha value is -1.42. The van der Waals surface area contributed by atoms with Gasteiger partial charge in [-0.3, -0.25) is 10.1 Å². The zero-order chi connectivity index (χ0) is 13.1. The van der Waals surface area contributed by atoms with Gasteiger partial charge in [0.25, 0.3) is 5.69 Å². The van der Waals surface area contributed by atoms with E-state index in [-0.39, 0.29) is 23.6 Å². The summed E-state index contributed by atoms with van der Waals surface area (Å²) in [6.45, 7) is 6.37. The number of nitrogens with zero attached hydrogens (tertiary/aromatic N) is 1. The Balaban J connectivity index is 2.78. The highest BCUT2D eigenvalue weighted by atomic mass is 16.6. The van der Waals surface area contributed by atoms with Crippen LogP contribution in [0.5, 0.6) is 0 Å². The quantitative estimate of drug-likeness (QED) is 0.647. The molecular formula is C13H19NO3. The van der Waals surface area contributed by atoms with E-state index in [4.69, 9.17) is 0 Å². The molecule has 0 saturated carbocycles. The molecule has 0 amide bonds. The fourth-order valence-corrected chi connectivity index (χ4v) is 1.68. The molecule has 0 saturated heterocycles. The summed E-state index contributed by atoms with van der Waals surface area (Å²) in [5.74, 6) is 0.156. The third-order valence-electron chi connectivity index (χ3n) is 3.07. The molecule has 4 heteroatoms. The predicted molar refractivity (Wildman–Crippen MR) is 66.8 cm³/mol. The maximum Gasteiger partial charge on any atom is 0.269 e. The lowest BCUT2D eigenvalue weighted by Gasteiger charge is -2.29. The van der Waals surface area contributed by atoms with Crippen molar-refractivity contribution in [2.24, 2.45) is 11.3 Å². The van der Waals surface area contributed by atoms with Gasteiger partial charge in [0.1, 0.15) is 0 Å². The molecule has 0 radical (unpaired) electrons. The number of aliphatic hydroxyl groups is 1. The minimum atomic E-state index is -0.406. The molecule has 0 aliphatic heterocycles. The number of rotatable bonds is 4. The molecule has 1 rings (SSSR count). The molecule has 0 aromatic heterocycles.